The summed E-state index contributed by atoms with van der Waals surface area (Å²) >= 11 is 0. The zero-order chi connectivity index (χ0) is 12.7. The van der Waals surface area contributed by atoms with E-state index in [4.69, 9.17) is 0 Å². The Labute approximate surface area is 106 Å². The summed E-state index contributed by atoms with van der Waals surface area (Å²) in [6.07, 6.45) is 8.62. The predicted octanol–water partition coefficient (Wildman–Crippen LogP) is 1.48. The molecule has 1 aliphatic carbocycles. The van der Waals surface area contributed by atoms with Gasteiger partial charge in [-0.1, -0.05) is 26.2 Å². The van der Waals surface area contributed by atoms with Gasteiger partial charge in [-0.15, -0.1) is 0 Å². The fourth-order valence-electron chi connectivity index (χ4n) is 2.50. The first-order valence-corrected chi connectivity index (χ1v) is 8.58. The van der Waals surface area contributed by atoms with Gasteiger partial charge in [0, 0.05) is 12.6 Å². The lowest BCUT2D eigenvalue weighted by Crippen LogP contribution is -2.36. The third-order valence-electron chi connectivity index (χ3n) is 3.51. The van der Waals surface area contributed by atoms with Crippen molar-refractivity contribution < 1.29 is 8.42 Å². The van der Waals surface area contributed by atoms with Crippen molar-refractivity contribution in [3.63, 3.8) is 0 Å². The Balaban J connectivity index is 2.06. The molecule has 1 fully saturated rings. The van der Waals surface area contributed by atoms with E-state index in [0.717, 1.165) is 18.9 Å². The summed E-state index contributed by atoms with van der Waals surface area (Å²) in [5.41, 5.74) is 0. The van der Waals surface area contributed by atoms with Gasteiger partial charge >= 0.3 is 0 Å². The number of hydrogen-bond acceptors (Lipinski definition) is 3. The molecular formula is C12H26N2O2S. The Morgan fingerprint density at radius 2 is 2.00 bits per heavy atom. The van der Waals surface area contributed by atoms with E-state index in [1.165, 1.54) is 38.4 Å². The van der Waals surface area contributed by atoms with Gasteiger partial charge < -0.3 is 5.32 Å². The number of rotatable bonds is 7. The minimum Gasteiger partial charge on any atom is -0.314 e. The molecule has 0 radical (unpaired) electrons. The van der Waals surface area contributed by atoms with Crippen LogP contribution in [0.25, 0.3) is 0 Å². The number of hydrogen-bond donors (Lipinski definition) is 2. The molecule has 0 saturated heterocycles. The highest BCUT2D eigenvalue weighted by Crippen LogP contribution is 2.26. The first-order chi connectivity index (χ1) is 8.01. The van der Waals surface area contributed by atoms with Gasteiger partial charge in [0.1, 0.15) is 0 Å². The van der Waals surface area contributed by atoms with E-state index >= 15 is 0 Å². The van der Waals surface area contributed by atoms with E-state index in [2.05, 4.69) is 17.0 Å². The van der Waals surface area contributed by atoms with Crippen LogP contribution in [0.4, 0.5) is 0 Å². The molecule has 0 heterocycles. The highest BCUT2D eigenvalue weighted by molar-refractivity contribution is 7.88. The van der Waals surface area contributed by atoms with Crippen LogP contribution in [0.3, 0.4) is 0 Å². The summed E-state index contributed by atoms with van der Waals surface area (Å²) in [7, 11) is -3.02. The smallest absolute Gasteiger partial charge is 0.208 e. The molecule has 5 heteroatoms. The highest BCUT2D eigenvalue weighted by Gasteiger charge is 2.19. The van der Waals surface area contributed by atoms with E-state index in [-0.39, 0.29) is 0 Å². The second-order valence-electron chi connectivity index (χ2n) is 5.11. The van der Waals surface area contributed by atoms with Crippen LogP contribution >= 0.6 is 0 Å². The molecule has 4 nitrogen and oxygen atoms in total. The van der Waals surface area contributed by atoms with Gasteiger partial charge in [-0.3, -0.25) is 0 Å². The van der Waals surface area contributed by atoms with Crippen molar-refractivity contribution in [2.45, 2.75) is 51.5 Å². The zero-order valence-electron chi connectivity index (χ0n) is 11.0. The average molecular weight is 262 g/mol. The van der Waals surface area contributed by atoms with Crippen LogP contribution < -0.4 is 10.0 Å². The summed E-state index contributed by atoms with van der Waals surface area (Å²) in [6.45, 7) is 3.71. The van der Waals surface area contributed by atoms with Gasteiger partial charge in [0.2, 0.25) is 10.0 Å². The molecule has 1 saturated carbocycles. The maximum atomic E-state index is 10.8. The molecule has 2 N–H and O–H groups in total. The molecule has 102 valence electrons. The van der Waals surface area contributed by atoms with Crippen LogP contribution in [0.2, 0.25) is 0 Å². The van der Waals surface area contributed by atoms with Crippen LogP contribution in [0.15, 0.2) is 0 Å². The second-order valence-corrected chi connectivity index (χ2v) is 6.94. The maximum absolute atomic E-state index is 10.8. The van der Waals surface area contributed by atoms with Crippen molar-refractivity contribution >= 4 is 10.0 Å². The standard InChI is InChI=1S/C12H26N2O2S/c1-3-11-6-4-7-12(10-11)13-8-5-9-14-17(2,15)16/h11-14H,3-10H2,1-2H3. The summed E-state index contributed by atoms with van der Waals surface area (Å²) in [4.78, 5) is 0. The largest absolute Gasteiger partial charge is 0.314 e. The van der Waals surface area contributed by atoms with Crippen molar-refractivity contribution in [2.75, 3.05) is 19.3 Å². The van der Waals surface area contributed by atoms with Gasteiger partial charge in [0.15, 0.2) is 0 Å². The molecule has 1 rings (SSSR count). The van der Waals surface area contributed by atoms with E-state index < -0.39 is 10.0 Å². The first kappa shape index (κ1) is 14.9. The van der Waals surface area contributed by atoms with Crippen LogP contribution in [0.1, 0.15) is 45.4 Å². The second kappa shape index (κ2) is 7.34. The molecule has 2 atom stereocenters. The third-order valence-corrected chi connectivity index (χ3v) is 4.24. The minimum atomic E-state index is -3.02. The van der Waals surface area contributed by atoms with Crippen molar-refractivity contribution in [1.29, 1.82) is 0 Å². The minimum absolute atomic E-state index is 0.537. The maximum Gasteiger partial charge on any atom is 0.208 e. The van der Waals surface area contributed by atoms with Gasteiger partial charge in [-0.25, -0.2) is 13.1 Å². The fourth-order valence-corrected chi connectivity index (χ4v) is 3.01. The Morgan fingerprint density at radius 1 is 1.24 bits per heavy atom. The third kappa shape index (κ3) is 7.01. The molecule has 0 aromatic heterocycles. The van der Waals surface area contributed by atoms with Crippen molar-refractivity contribution in [3.8, 4) is 0 Å². The molecule has 1 aliphatic rings. The normalized spacial score (nSPS) is 26.0. The molecule has 0 amide bonds. The molecule has 0 bridgehead atoms. The Morgan fingerprint density at radius 3 is 2.65 bits per heavy atom. The Hall–Kier alpha value is -0.130. The summed E-state index contributed by atoms with van der Waals surface area (Å²) < 4.78 is 24.2. The van der Waals surface area contributed by atoms with E-state index in [9.17, 15) is 8.42 Å². The Kier molecular flexibility index (Phi) is 6.44. The first-order valence-electron chi connectivity index (χ1n) is 6.69. The van der Waals surface area contributed by atoms with Gasteiger partial charge in [-0.2, -0.15) is 0 Å². The lowest BCUT2D eigenvalue weighted by atomic mass is 9.84. The lowest BCUT2D eigenvalue weighted by Gasteiger charge is -2.29. The molecule has 17 heavy (non-hydrogen) atoms. The molecular weight excluding hydrogens is 236 g/mol. The van der Waals surface area contributed by atoms with Crippen molar-refractivity contribution in [1.82, 2.24) is 10.0 Å². The van der Waals surface area contributed by atoms with Gasteiger partial charge in [0.05, 0.1) is 6.26 Å². The van der Waals surface area contributed by atoms with E-state index in [1.807, 2.05) is 0 Å². The topological polar surface area (TPSA) is 58.2 Å². The molecule has 0 spiro atoms. The van der Waals surface area contributed by atoms with Crippen LogP contribution in [-0.2, 0) is 10.0 Å². The summed E-state index contributed by atoms with van der Waals surface area (Å²) in [6, 6.07) is 0.645. The monoisotopic (exact) mass is 262 g/mol. The molecule has 0 aromatic rings. The average Bonchev–Trinajstić information content (AvgIpc) is 2.27. The summed E-state index contributed by atoms with van der Waals surface area (Å²) in [5, 5.41) is 3.54. The lowest BCUT2D eigenvalue weighted by molar-refractivity contribution is 0.279. The molecule has 2 unspecified atom stereocenters. The van der Waals surface area contributed by atoms with E-state index in [1.54, 1.807) is 0 Å². The van der Waals surface area contributed by atoms with Crippen LogP contribution in [0.5, 0.6) is 0 Å². The van der Waals surface area contributed by atoms with Gasteiger partial charge in [0.25, 0.3) is 0 Å². The molecule has 0 aliphatic heterocycles. The van der Waals surface area contributed by atoms with Crippen molar-refractivity contribution in [2.24, 2.45) is 5.92 Å². The van der Waals surface area contributed by atoms with Crippen molar-refractivity contribution in [3.05, 3.63) is 0 Å². The van der Waals surface area contributed by atoms with Crippen LogP contribution in [0, 0.1) is 5.92 Å². The van der Waals surface area contributed by atoms with Gasteiger partial charge in [-0.05, 0) is 31.7 Å². The number of nitrogens with one attached hydrogen (secondary N) is 2. The Bertz CT molecular complexity index is 304. The predicted molar refractivity (Wildman–Crippen MR) is 71.5 cm³/mol. The zero-order valence-corrected chi connectivity index (χ0v) is 11.9. The number of sulfonamides is 1. The summed E-state index contributed by atoms with van der Waals surface area (Å²) in [5.74, 6) is 0.885. The quantitative estimate of drug-likeness (QED) is 0.683. The van der Waals surface area contributed by atoms with E-state index in [0.29, 0.717) is 12.6 Å². The SMILES string of the molecule is CCC1CCCC(NCCCNS(C)(=O)=O)C1. The molecule has 0 aromatic carbocycles. The fraction of sp³-hybridized carbons (Fsp3) is 1.00. The van der Waals surface area contributed by atoms with Crippen LogP contribution in [-0.4, -0.2) is 33.8 Å². The highest BCUT2D eigenvalue weighted by atomic mass is 32.2.